The molecule has 0 N–H and O–H groups in total. The first kappa shape index (κ1) is 23.5. The Bertz CT molecular complexity index is 1210. The van der Waals surface area contributed by atoms with Crippen LogP contribution in [0.5, 0.6) is 5.75 Å². The fourth-order valence-corrected chi connectivity index (χ4v) is 4.41. The molecule has 0 atom stereocenters. The second-order valence-corrected chi connectivity index (χ2v) is 8.90. The molecule has 5 nitrogen and oxygen atoms in total. The molecule has 1 heterocycles. The molecule has 0 aliphatic carbocycles. The fourth-order valence-electron chi connectivity index (χ4n) is 3.61. The van der Waals surface area contributed by atoms with E-state index in [9.17, 15) is 4.79 Å². The summed E-state index contributed by atoms with van der Waals surface area (Å²) in [5.41, 5.74) is 5.54. The van der Waals surface area contributed by atoms with Crippen LogP contribution in [0.25, 0.3) is 11.3 Å². The molecule has 0 bridgehead atoms. The number of thiazole rings is 1. The van der Waals surface area contributed by atoms with Crippen LogP contribution < -0.4 is 9.64 Å². The number of carbonyl (C=O) groups excluding carboxylic acids is 1. The first-order chi connectivity index (χ1) is 16.6. The number of aromatic nitrogens is 1. The predicted octanol–water partition coefficient (Wildman–Crippen LogP) is 6.13. The first-order valence-electron chi connectivity index (χ1n) is 11.2. The Morgan fingerprint density at radius 1 is 0.941 bits per heavy atom. The average Bonchev–Trinajstić information content (AvgIpc) is 3.38. The Balaban J connectivity index is 1.31. The lowest BCUT2D eigenvalue weighted by atomic mass is 10.1. The molecule has 4 aromatic rings. The zero-order chi connectivity index (χ0) is 23.8. The zero-order valence-electron chi connectivity index (χ0n) is 19.4. The number of aryl methyl sites for hydroxylation is 1. The van der Waals surface area contributed by atoms with E-state index < -0.39 is 0 Å². The topological polar surface area (TPSA) is 51.7 Å². The number of carbonyl (C=O) groups is 1. The Labute approximate surface area is 204 Å². The van der Waals surface area contributed by atoms with Gasteiger partial charge in [-0.3, -0.25) is 4.79 Å². The van der Waals surface area contributed by atoms with Gasteiger partial charge in [-0.05, 0) is 35.2 Å². The van der Waals surface area contributed by atoms with Crippen molar-refractivity contribution < 1.29 is 14.3 Å². The van der Waals surface area contributed by atoms with Crippen LogP contribution in [0.2, 0.25) is 0 Å². The summed E-state index contributed by atoms with van der Waals surface area (Å²) in [5, 5.41) is 3.10. The number of benzene rings is 3. The minimum absolute atomic E-state index is 0.197. The van der Waals surface area contributed by atoms with E-state index in [1.807, 2.05) is 42.5 Å². The third-order valence-corrected chi connectivity index (χ3v) is 6.43. The molecule has 0 spiro atoms. The molecule has 34 heavy (non-hydrogen) atoms. The molecule has 174 valence electrons. The summed E-state index contributed by atoms with van der Waals surface area (Å²) >= 11 is 1.66. The summed E-state index contributed by atoms with van der Waals surface area (Å²) < 4.78 is 10.7. The molecule has 3 aromatic carbocycles. The number of esters is 1. The number of nitrogens with zero attached hydrogens (tertiary/aromatic N) is 2. The van der Waals surface area contributed by atoms with Gasteiger partial charge in [-0.25, -0.2) is 4.98 Å². The van der Waals surface area contributed by atoms with Crippen LogP contribution >= 0.6 is 11.3 Å². The second-order valence-electron chi connectivity index (χ2n) is 8.07. The highest BCUT2D eigenvalue weighted by Crippen LogP contribution is 2.27. The molecule has 4 rings (SSSR count). The first-order valence-corrected chi connectivity index (χ1v) is 12.1. The maximum atomic E-state index is 11.3. The average molecular weight is 473 g/mol. The van der Waals surface area contributed by atoms with Gasteiger partial charge < -0.3 is 14.4 Å². The lowest BCUT2D eigenvalue weighted by molar-refractivity contribution is -0.140. The maximum absolute atomic E-state index is 11.3. The Morgan fingerprint density at radius 2 is 1.71 bits per heavy atom. The number of methoxy groups -OCH3 is 1. The molecule has 0 aliphatic heterocycles. The molecule has 0 saturated carbocycles. The van der Waals surface area contributed by atoms with E-state index in [4.69, 9.17) is 14.5 Å². The third-order valence-electron chi connectivity index (χ3n) is 5.47. The van der Waals surface area contributed by atoms with Crippen LogP contribution in [0, 0.1) is 0 Å². The van der Waals surface area contributed by atoms with Crippen LogP contribution in [0.3, 0.4) is 0 Å². The van der Waals surface area contributed by atoms with Gasteiger partial charge in [0.05, 0.1) is 12.8 Å². The number of hydrogen-bond acceptors (Lipinski definition) is 6. The van der Waals surface area contributed by atoms with Gasteiger partial charge in [0.1, 0.15) is 12.4 Å². The van der Waals surface area contributed by atoms with Gasteiger partial charge in [-0.2, -0.15) is 0 Å². The molecule has 0 radical (unpaired) electrons. The van der Waals surface area contributed by atoms with Crippen LogP contribution in [-0.2, 0) is 29.1 Å². The smallest absolute Gasteiger partial charge is 0.305 e. The van der Waals surface area contributed by atoms with E-state index in [-0.39, 0.29) is 5.97 Å². The molecule has 0 unspecified atom stereocenters. The number of rotatable bonds is 10. The SMILES string of the molecule is COC(=O)CCc1ccc(OCc2cccc(CN(C)c3nc(-c4ccccc4)cs3)c2)cc1. The van der Waals surface area contributed by atoms with Gasteiger partial charge in [0, 0.05) is 31.0 Å². The van der Waals surface area contributed by atoms with E-state index in [1.165, 1.54) is 12.7 Å². The standard InChI is InChI=1S/C28H28N2O3S/c1-30(28-29-26(20-34-28)24-9-4-3-5-10-24)18-22-7-6-8-23(17-22)19-33-25-14-11-21(12-15-25)13-16-27(31)32-2/h3-12,14-15,17,20H,13,16,18-19H2,1-2H3. The summed E-state index contributed by atoms with van der Waals surface area (Å²) in [6.45, 7) is 1.26. The Morgan fingerprint density at radius 3 is 2.47 bits per heavy atom. The summed E-state index contributed by atoms with van der Waals surface area (Å²) in [5.74, 6) is 0.609. The number of anilines is 1. The molecule has 0 fully saturated rings. The minimum atomic E-state index is -0.197. The van der Waals surface area contributed by atoms with Gasteiger partial charge in [0.2, 0.25) is 0 Å². The minimum Gasteiger partial charge on any atom is -0.489 e. The van der Waals surface area contributed by atoms with E-state index in [1.54, 1.807) is 11.3 Å². The second kappa shape index (κ2) is 11.5. The van der Waals surface area contributed by atoms with Crippen molar-refractivity contribution in [1.29, 1.82) is 0 Å². The molecule has 0 aliphatic rings. The zero-order valence-corrected chi connectivity index (χ0v) is 20.3. The van der Waals surface area contributed by atoms with Gasteiger partial charge >= 0.3 is 5.97 Å². The highest BCUT2D eigenvalue weighted by molar-refractivity contribution is 7.14. The van der Waals surface area contributed by atoms with Crippen molar-refractivity contribution >= 4 is 22.4 Å². The molecule has 1 aromatic heterocycles. The number of hydrogen-bond donors (Lipinski definition) is 0. The van der Waals surface area contributed by atoms with Crippen molar-refractivity contribution in [2.24, 2.45) is 0 Å². The highest BCUT2D eigenvalue weighted by Gasteiger charge is 2.10. The van der Waals surface area contributed by atoms with Gasteiger partial charge in [0.15, 0.2) is 5.13 Å². The van der Waals surface area contributed by atoms with Crippen LogP contribution in [0.15, 0.2) is 84.2 Å². The predicted molar refractivity (Wildman–Crippen MR) is 137 cm³/mol. The largest absolute Gasteiger partial charge is 0.489 e. The Hall–Kier alpha value is -3.64. The van der Waals surface area contributed by atoms with Crippen molar-refractivity contribution in [3.8, 4) is 17.0 Å². The van der Waals surface area contributed by atoms with Crippen molar-refractivity contribution in [2.45, 2.75) is 26.0 Å². The number of ether oxygens (including phenoxy) is 2. The Kier molecular flexibility index (Phi) is 7.94. The van der Waals surface area contributed by atoms with Gasteiger partial charge in [-0.1, -0.05) is 66.7 Å². The molecule has 6 heteroatoms. The monoisotopic (exact) mass is 472 g/mol. The van der Waals surface area contributed by atoms with E-state index in [0.717, 1.165) is 39.8 Å². The quantitative estimate of drug-likeness (QED) is 0.260. The van der Waals surface area contributed by atoms with Crippen molar-refractivity contribution in [1.82, 2.24) is 4.98 Å². The fraction of sp³-hybridized carbons (Fsp3) is 0.214. The summed E-state index contributed by atoms with van der Waals surface area (Å²) in [4.78, 5) is 18.3. The van der Waals surface area contributed by atoms with E-state index in [2.05, 4.69) is 53.7 Å². The van der Waals surface area contributed by atoms with Crippen molar-refractivity contribution in [2.75, 3.05) is 19.1 Å². The van der Waals surface area contributed by atoms with E-state index in [0.29, 0.717) is 19.4 Å². The van der Waals surface area contributed by atoms with Gasteiger partial charge in [0.25, 0.3) is 0 Å². The van der Waals surface area contributed by atoms with E-state index >= 15 is 0 Å². The van der Waals surface area contributed by atoms with Crippen LogP contribution in [-0.4, -0.2) is 25.1 Å². The highest BCUT2D eigenvalue weighted by atomic mass is 32.1. The normalized spacial score (nSPS) is 10.6. The molecule has 0 amide bonds. The van der Waals surface area contributed by atoms with Crippen LogP contribution in [0.4, 0.5) is 5.13 Å². The lowest BCUT2D eigenvalue weighted by Gasteiger charge is -2.16. The molecule has 0 saturated heterocycles. The van der Waals surface area contributed by atoms with Crippen molar-refractivity contribution in [3.05, 3.63) is 101 Å². The molecular formula is C28H28N2O3S. The summed E-state index contributed by atoms with van der Waals surface area (Å²) in [6.07, 6.45) is 1.04. The molecular weight excluding hydrogens is 444 g/mol. The third kappa shape index (κ3) is 6.45. The summed E-state index contributed by atoms with van der Waals surface area (Å²) in [6, 6.07) is 26.5. The van der Waals surface area contributed by atoms with Crippen LogP contribution in [0.1, 0.15) is 23.1 Å². The van der Waals surface area contributed by atoms with Crippen molar-refractivity contribution in [3.63, 3.8) is 0 Å². The lowest BCUT2D eigenvalue weighted by Crippen LogP contribution is -2.16. The maximum Gasteiger partial charge on any atom is 0.305 e. The summed E-state index contributed by atoms with van der Waals surface area (Å²) in [7, 11) is 3.48. The van der Waals surface area contributed by atoms with Gasteiger partial charge in [-0.15, -0.1) is 11.3 Å².